The fourth-order valence-electron chi connectivity index (χ4n) is 2.74. The highest BCUT2D eigenvalue weighted by molar-refractivity contribution is 5.68. The Morgan fingerprint density at radius 1 is 1.00 bits per heavy atom. The van der Waals surface area contributed by atoms with Gasteiger partial charge in [-0.1, -0.05) is 17.3 Å². The number of nitrogen functional groups attached to an aromatic ring is 1. The summed E-state index contributed by atoms with van der Waals surface area (Å²) < 4.78 is 35.8. The molecular weight excluding hydrogens is 366 g/mol. The van der Waals surface area contributed by atoms with E-state index in [1.165, 1.54) is 42.5 Å². The second-order valence-corrected chi connectivity index (χ2v) is 5.89. The summed E-state index contributed by atoms with van der Waals surface area (Å²) in [6, 6.07) is 8.92. The summed E-state index contributed by atoms with van der Waals surface area (Å²) >= 11 is 0. The number of anilines is 1. The number of benzene rings is 2. The maximum Gasteiger partial charge on any atom is 0.219 e. The zero-order valence-corrected chi connectivity index (χ0v) is 14.7. The van der Waals surface area contributed by atoms with Gasteiger partial charge in [0, 0.05) is 30.1 Å². The van der Waals surface area contributed by atoms with Crippen LogP contribution in [0.5, 0.6) is 5.75 Å². The monoisotopic (exact) mass is 380 g/mol. The van der Waals surface area contributed by atoms with E-state index in [4.69, 9.17) is 10.5 Å². The van der Waals surface area contributed by atoms with Crippen molar-refractivity contribution >= 4 is 5.95 Å². The van der Waals surface area contributed by atoms with E-state index in [0.717, 1.165) is 0 Å². The summed E-state index contributed by atoms with van der Waals surface area (Å²) in [5.74, 6) is -0.812. The lowest BCUT2D eigenvalue weighted by atomic mass is 10.0. The van der Waals surface area contributed by atoms with E-state index >= 15 is 0 Å². The molecule has 2 aromatic heterocycles. The number of hydrogen-bond donors (Lipinski definition) is 1. The van der Waals surface area contributed by atoms with E-state index in [1.807, 2.05) is 0 Å². The molecule has 9 heteroatoms. The van der Waals surface area contributed by atoms with Gasteiger partial charge in [-0.25, -0.2) is 23.4 Å². The van der Waals surface area contributed by atoms with Crippen LogP contribution in [0.25, 0.3) is 28.1 Å². The van der Waals surface area contributed by atoms with Crippen molar-refractivity contribution in [3.8, 4) is 33.8 Å². The molecule has 28 heavy (non-hydrogen) atoms. The Morgan fingerprint density at radius 3 is 2.39 bits per heavy atom. The topological polar surface area (TPSA) is 91.7 Å². The summed E-state index contributed by atoms with van der Waals surface area (Å²) in [6.45, 7) is 0. The Morgan fingerprint density at radius 2 is 1.71 bits per heavy atom. The lowest BCUT2D eigenvalue weighted by molar-refractivity contribution is 0.415. The van der Waals surface area contributed by atoms with Crippen LogP contribution in [0.4, 0.5) is 14.7 Å². The highest BCUT2D eigenvalue weighted by atomic mass is 19.1. The van der Waals surface area contributed by atoms with Gasteiger partial charge in [0.15, 0.2) is 0 Å². The van der Waals surface area contributed by atoms with E-state index in [0.29, 0.717) is 22.6 Å². The molecule has 0 amide bonds. The van der Waals surface area contributed by atoms with Gasteiger partial charge in [-0.3, -0.25) is 0 Å². The minimum atomic E-state index is -0.726. The quantitative estimate of drug-likeness (QED) is 0.584. The van der Waals surface area contributed by atoms with Crippen LogP contribution < -0.4 is 10.5 Å². The third kappa shape index (κ3) is 3.25. The zero-order chi connectivity index (χ0) is 19.7. The summed E-state index contributed by atoms with van der Waals surface area (Å²) in [5.41, 5.74) is 6.90. The predicted molar refractivity (Wildman–Crippen MR) is 98.7 cm³/mol. The third-order valence-electron chi connectivity index (χ3n) is 4.11. The minimum Gasteiger partial charge on any atom is -0.497 e. The smallest absolute Gasteiger partial charge is 0.219 e. The van der Waals surface area contributed by atoms with Gasteiger partial charge in [-0.2, -0.15) is 0 Å². The first kappa shape index (κ1) is 17.5. The van der Waals surface area contributed by atoms with Gasteiger partial charge < -0.3 is 10.5 Å². The molecule has 2 N–H and O–H groups in total. The molecule has 4 aromatic rings. The lowest BCUT2D eigenvalue weighted by Gasteiger charge is -2.09. The van der Waals surface area contributed by atoms with Crippen LogP contribution in [0, 0.1) is 11.6 Å². The molecule has 0 unspecified atom stereocenters. The fraction of sp³-hybridized carbons (Fsp3) is 0.0526. The Balaban J connectivity index is 1.71. The number of methoxy groups -OCH3 is 1. The zero-order valence-electron chi connectivity index (χ0n) is 14.7. The maximum atomic E-state index is 14.7. The molecule has 140 valence electrons. The summed E-state index contributed by atoms with van der Waals surface area (Å²) in [6.07, 6.45) is 4.50. The SMILES string of the molecule is COc1cccc(-c2c(F)cc(-n3cc(-c4cnc(N)nc4)nn3)cc2F)c1. The molecule has 0 atom stereocenters. The molecule has 0 saturated carbocycles. The van der Waals surface area contributed by atoms with Gasteiger partial charge in [-0.05, 0) is 17.7 Å². The molecule has 0 aliphatic heterocycles. The molecule has 2 heterocycles. The van der Waals surface area contributed by atoms with Gasteiger partial charge in [-0.15, -0.1) is 5.10 Å². The van der Waals surface area contributed by atoms with E-state index in [-0.39, 0.29) is 17.2 Å². The normalized spacial score (nSPS) is 10.8. The molecule has 0 aliphatic rings. The molecule has 0 radical (unpaired) electrons. The van der Waals surface area contributed by atoms with Crippen molar-refractivity contribution < 1.29 is 13.5 Å². The van der Waals surface area contributed by atoms with E-state index in [2.05, 4.69) is 20.3 Å². The van der Waals surface area contributed by atoms with Gasteiger partial charge in [0.25, 0.3) is 0 Å². The van der Waals surface area contributed by atoms with Crippen LogP contribution in [0.15, 0.2) is 55.0 Å². The predicted octanol–water partition coefficient (Wildman–Crippen LogP) is 3.26. The molecule has 7 nitrogen and oxygen atoms in total. The summed E-state index contributed by atoms with van der Waals surface area (Å²) in [5, 5.41) is 7.91. The maximum absolute atomic E-state index is 14.7. The standard InChI is InChI=1S/C19H14F2N6O/c1-28-14-4-2-3-11(5-14)18-15(20)6-13(7-16(18)21)27-10-17(25-26-27)12-8-23-19(22)24-9-12/h2-10H,1H3,(H2,22,23,24). The second-order valence-electron chi connectivity index (χ2n) is 5.89. The van der Waals surface area contributed by atoms with Crippen LogP contribution in [0.3, 0.4) is 0 Å². The van der Waals surface area contributed by atoms with Crippen molar-refractivity contribution in [2.24, 2.45) is 0 Å². The molecule has 0 saturated heterocycles. The first-order valence-corrected chi connectivity index (χ1v) is 8.19. The van der Waals surface area contributed by atoms with E-state index < -0.39 is 11.6 Å². The second kappa shape index (κ2) is 7.03. The summed E-state index contributed by atoms with van der Waals surface area (Å²) in [4.78, 5) is 7.77. The van der Waals surface area contributed by atoms with Crippen LogP contribution in [-0.2, 0) is 0 Å². The van der Waals surface area contributed by atoms with Crippen molar-refractivity contribution in [2.45, 2.75) is 0 Å². The Bertz CT molecular complexity index is 1120. The molecule has 2 aromatic carbocycles. The number of nitrogens with zero attached hydrogens (tertiary/aromatic N) is 5. The van der Waals surface area contributed by atoms with Crippen molar-refractivity contribution in [3.05, 3.63) is 66.6 Å². The number of halogens is 2. The Labute approximate surface area is 158 Å². The number of nitrogens with two attached hydrogens (primary N) is 1. The fourth-order valence-corrected chi connectivity index (χ4v) is 2.74. The molecule has 0 fully saturated rings. The van der Waals surface area contributed by atoms with Gasteiger partial charge in [0.2, 0.25) is 5.95 Å². The number of rotatable bonds is 4. The average Bonchev–Trinajstić information content (AvgIpc) is 3.18. The number of ether oxygens (including phenoxy) is 1. The molecule has 0 spiro atoms. The van der Waals surface area contributed by atoms with E-state index in [9.17, 15) is 8.78 Å². The lowest BCUT2D eigenvalue weighted by Crippen LogP contribution is -2.00. The van der Waals surface area contributed by atoms with Gasteiger partial charge >= 0.3 is 0 Å². The first-order chi connectivity index (χ1) is 13.5. The highest BCUT2D eigenvalue weighted by Crippen LogP contribution is 2.30. The van der Waals surface area contributed by atoms with Crippen molar-refractivity contribution in [1.29, 1.82) is 0 Å². The Kier molecular flexibility index (Phi) is 4.40. The van der Waals surface area contributed by atoms with Crippen molar-refractivity contribution in [1.82, 2.24) is 25.0 Å². The van der Waals surface area contributed by atoms with Crippen molar-refractivity contribution in [2.75, 3.05) is 12.8 Å². The molecule has 0 bridgehead atoms. The Hall–Kier alpha value is -3.88. The third-order valence-corrected chi connectivity index (χ3v) is 4.11. The largest absolute Gasteiger partial charge is 0.497 e. The molecular formula is C19H14F2N6O. The van der Waals surface area contributed by atoms with Crippen molar-refractivity contribution in [3.63, 3.8) is 0 Å². The van der Waals surface area contributed by atoms with Crippen LogP contribution >= 0.6 is 0 Å². The van der Waals surface area contributed by atoms with E-state index in [1.54, 1.807) is 24.3 Å². The van der Waals surface area contributed by atoms with Crippen LogP contribution in [0.2, 0.25) is 0 Å². The van der Waals surface area contributed by atoms with Gasteiger partial charge in [0.1, 0.15) is 23.1 Å². The highest BCUT2D eigenvalue weighted by Gasteiger charge is 2.16. The number of aromatic nitrogens is 5. The van der Waals surface area contributed by atoms with Gasteiger partial charge in [0.05, 0.1) is 24.6 Å². The van der Waals surface area contributed by atoms with Crippen LogP contribution in [0.1, 0.15) is 0 Å². The first-order valence-electron chi connectivity index (χ1n) is 8.19. The molecule has 0 aliphatic carbocycles. The minimum absolute atomic E-state index is 0.133. The summed E-state index contributed by atoms with van der Waals surface area (Å²) in [7, 11) is 1.49. The van der Waals surface area contributed by atoms with Crippen LogP contribution in [-0.4, -0.2) is 32.1 Å². The molecule has 4 rings (SSSR count). The number of hydrogen-bond acceptors (Lipinski definition) is 6. The average molecular weight is 380 g/mol.